The van der Waals surface area contributed by atoms with Gasteiger partial charge in [-0.2, -0.15) is 0 Å². The Morgan fingerprint density at radius 1 is 1.18 bits per heavy atom. The molecule has 1 amide bonds. The van der Waals surface area contributed by atoms with Crippen LogP contribution in [0.5, 0.6) is 5.75 Å². The summed E-state index contributed by atoms with van der Waals surface area (Å²) in [6, 6.07) is 6.56. The zero-order valence-corrected chi connectivity index (χ0v) is 17.4. The summed E-state index contributed by atoms with van der Waals surface area (Å²) in [7, 11) is 1.59. The molecule has 7 heteroatoms. The molecule has 1 aliphatic rings. The Morgan fingerprint density at radius 3 is 2.43 bits per heavy atom. The first-order chi connectivity index (χ1) is 13.2. The molecule has 7 nitrogen and oxygen atoms in total. The van der Waals surface area contributed by atoms with Gasteiger partial charge >= 0.3 is 12.1 Å². The Kier molecular flexibility index (Phi) is 7.69. The van der Waals surface area contributed by atoms with Crippen molar-refractivity contribution >= 4 is 12.1 Å². The molecule has 0 N–H and O–H groups in total. The van der Waals surface area contributed by atoms with Crippen LogP contribution in [0.4, 0.5) is 4.79 Å². The molecular formula is C21H31NO6. The monoisotopic (exact) mass is 393 g/mol. The van der Waals surface area contributed by atoms with Crippen molar-refractivity contribution in [2.24, 2.45) is 0 Å². The van der Waals surface area contributed by atoms with Crippen LogP contribution in [0, 0.1) is 0 Å². The van der Waals surface area contributed by atoms with Gasteiger partial charge in [-0.05, 0) is 44.9 Å². The number of likely N-dealkylation sites (tertiary alicyclic amines) is 1. The van der Waals surface area contributed by atoms with Crippen LogP contribution in [0.2, 0.25) is 0 Å². The van der Waals surface area contributed by atoms with Gasteiger partial charge in [-0.25, -0.2) is 9.59 Å². The van der Waals surface area contributed by atoms with E-state index in [1.165, 1.54) is 4.90 Å². The molecular weight excluding hydrogens is 362 g/mol. The molecule has 28 heavy (non-hydrogen) atoms. The van der Waals surface area contributed by atoms with Crippen LogP contribution in [-0.4, -0.2) is 55.0 Å². The molecule has 1 aromatic rings. The van der Waals surface area contributed by atoms with Crippen LogP contribution >= 0.6 is 0 Å². The Balaban J connectivity index is 2.01. The van der Waals surface area contributed by atoms with E-state index in [4.69, 9.17) is 18.9 Å². The van der Waals surface area contributed by atoms with Crippen LogP contribution < -0.4 is 4.74 Å². The summed E-state index contributed by atoms with van der Waals surface area (Å²) < 4.78 is 21.8. The summed E-state index contributed by atoms with van der Waals surface area (Å²) >= 11 is 0. The normalized spacial score (nSPS) is 19.4. The Morgan fingerprint density at radius 2 is 1.86 bits per heavy atom. The van der Waals surface area contributed by atoms with Crippen molar-refractivity contribution in [1.29, 1.82) is 0 Å². The lowest BCUT2D eigenvalue weighted by molar-refractivity contribution is -0.150. The largest absolute Gasteiger partial charge is 0.497 e. The molecule has 0 saturated carbocycles. The van der Waals surface area contributed by atoms with Gasteiger partial charge in [0.1, 0.15) is 24.0 Å². The molecule has 0 bridgehead atoms. The second kappa shape index (κ2) is 9.78. The molecule has 2 atom stereocenters. The highest BCUT2D eigenvalue weighted by Gasteiger charge is 2.42. The van der Waals surface area contributed by atoms with Gasteiger partial charge in [-0.1, -0.05) is 19.1 Å². The van der Waals surface area contributed by atoms with Gasteiger partial charge in [0, 0.05) is 13.0 Å². The number of nitrogens with zero attached hydrogens (tertiary/aromatic N) is 1. The summed E-state index contributed by atoms with van der Waals surface area (Å²) in [6.07, 6.45) is 0.545. The van der Waals surface area contributed by atoms with Crippen molar-refractivity contribution < 1.29 is 28.5 Å². The summed E-state index contributed by atoms with van der Waals surface area (Å²) in [5, 5.41) is 0. The van der Waals surface area contributed by atoms with Crippen molar-refractivity contribution in [3.05, 3.63) is 29.8 Å². The number of rotatable bonds is 7. The molecule has 1 fully saturated rings. The van der Waals surface area contributed by atoms with Crippen molar-refractivity contribution in [3.8, 4) is 5.75 Å². The van der Waals surface area contributed by atoms with Gasteiger partial charge in [-0.15, -0.1) is 0 Å². The van der Waals surface area contributed by atoms with Crippen molar-refractivity contribution in [1.82, 2.24) is 4.90 Å². The van der Waals surface area contributed by atoms with E-state index in [2.05, 4.69) is 0 Å². The third-order valence-corrected chi connectivity index (χ3v) is 4.26. The number of methoxy groups -OCH3 is 1. The maximum atomic E-state index is 12.7. The maximum Gasteiger partial charge on any atom is 0.411 e. The molecule has 1 aliphatic heterocycles. The molecule has 0 spiro atoms. The number of carbonyl (C=O) groups excluding carboxylic acids is 2. The number of hydrogen-bond donors (Lipinski definition) is 0. The molecule has 0 aliphatic carbocycles. The summed E-state index contributed by atoms with van der Waals surface area (Å²) in [6.45, 7) is 8.43. The quantitative estimate of drug-likeness (QED) is 0.660. The minimum Gasteiger partial charge on any atom is -0.497 e. The number of carbonyl (C=O) groups is 2. The average Bonchev–Trinajstić information content (AvgIpc) is 3.08. The molecule has 0 unspecified atom stereocenters. The van der Waals surface area contributed by atoms with Gasteiger partial charge in [0.25, 0.3) is 0 Å². The lowest BCUT2D eigenvalue weighted by atomic mass is 10.2. The predicted molar refractivity (Wildman–Crippen MR) is 104 cm³/mol. The van der Waals surface area contributed by atoms with Crippen LogP contribution in [-0.2, 0) is 25.6 Å². The van der Waals surface area contributed by atoms with Crippen LogP contribution in [0.1, 0.15) is 46.1 Å². The SMILES string of the molecule is CCCO[C@H]1C[C@@H](C(=O)OCc2ccc(OC)cc2)N(C(=O)OC(C)(C)C)C1. The van der Waals surface area contributed by atoms with Crippen LogP contribution in [0.25, 0.3) is 0 Å². The first-order valence-electron chi connectivity index (χ1n) is 9.64. The van der Waals surface area contributed by atoms with Crippen LogP contribution in [0.15, 0.2) is 24.3 Å². The highest BCUT2D eigenvalue weighted by atomic mass is 16.6. The lowest BCUT2D eigenvalue weighted by Gasteiger charge is -2.27. The zero-order chi connectivity index (χ0) is 20.7. The molecule has 156 valence electrons. The fraction of sp³-hybridized carbons (Fsp3) is 0.619. The third-order valence-electron chi connectivity index (χ3n) is 4.26. The topological polar surface area (TPSA) is 74.3 Å². The maximum absolute atomic E-state index is 12.7. The number of hydrogen-bond acceptors (Lipinski definition) is 6. The van der Waals surface area contributed by atoms with Crippen molar-refractivity contribution in [3.63, 3.8) is 0 Å². The lowest BCUT2D eigenvalue weighted by Crippen LogP contribution is -2.44. The van der Waals surface area contributed by atoms with Crippen molar-refractivity contribution in [2.75, 3.05) is 20.3 Å². The van der Waals surface area contributed by atoms with E-state index in [0.29, 0.717) is 19.6 Å². The summed E-state index contributed by atoms with van der Waals surface area (Å²) in [5.74, 6) is 0.280. The number of esters is 1. The number of ether oxygens (including phenoxy) is 4. The second-order valence-corrected chi connectivity index (χ2v) is 7.83. The van der Waals surface area contributed by atoms with E-state index < -0.39 is 23.7 Å². The number of amides is 1. The summed E-state index contributed by atoms with van der Waals surface area (Å²) in [5.41, 5.74) is 0.200. The van der Waals surface area contributed by atoms with E-state index >= 15 is 0 Å². The average molecular weight is 393 g/mol. The fourth-order valence-electron chi connectivity index (χ4n) is 2.92. The first kappa shape index (κ1) is 22.0. The highest BCUT2D eigenvalue weighted by molar-refractivity contribution is 5.82. The third kappa shape index (κ3) is 6.41. The Labute approximate surface area is 166 Å². The van der Waals surface area contributed by atoms with Gasteiger partial charge in [0.05, 0.1) is 19.8 Å². The molecule has 0 aromatic heterocycles. The number of benzene rings is 1. The minimum atomic E-state index is -0.713. The van der Waals surface area contributed by atoms with Gasteiger partial charge < -0.3 is 18.9 Å². The van der Waals surface area contributed by atoms with Gasteiger partial charge in [-0.3, -0.25) is 4.90 Å². The molecule has 1 saturated heterocycles. The van der Waals surface area contributed by atoms with E-state index in [1.807, 2.05) is 19.1 Å². The smallest absolute Gasteiger partial charge is 0.411 e. The standard InChI is InChI=1S/C21H31NO6/c1-6-11-26-17-12-18(22(13-17)20(24)28-21(2,3)4)19(23)27-14-15-7-9-16(25-5)10-8-15/h7-10,17-18H,6,11-14H2,1-5H3/t17-,18-/m0/s1. The van der Waals surface area contributed by atoms with E-state index in [-0.39, 0.29) is 12.7 Å². The molecule has 2 rings (SSSR count). The van der Waals surface area contributed by atoms with E-state index in [9.17, 15) is 9.59 Å². The van der Waals surface area contributed by atoms with Crippen LogP contribution in [0.3, 0.4) is 0 Å². The molecule has 1 heterocycles. The van der Waals surface area contributed by atoms with Crippen molar-refractivity contribution in [2.45, 2.75) is 64.9 Å². The highest BCUT2D eigenvalue weighted by Crippen LogP contribution is 2.25. The first-order valence-corrected chi connectivity index (χ1v) is 9.64. The Hall–Kier alpha value is -2.28. The predicted octanol–water partition coefficient (Wildman–Crippen LogP) is 3.54. The fourth-order valence-corrected chi connectivity index (χ4v) is 2.92. The molecule has 0 radical (unpaired) electrons. The summed E-state index contributed by atoms with van der Waals surface area (Å²) in [4.78, 5) is 26.7. The second-order valence-electron chi connectivity index (χ2n) is 7.83. The van der Waals surface area contributed by atoms with E-state index in [1.54, 1.807) is 40.0 Å². The van der Waals surface area contributed by atoms with Gasteiger partial charge in [0.15, 0.2) is 0 Å². The minimum absolute atomic E-state index is 0.127. The Bertz CT molecular complexity index is 652. The van der Waals surface area contributed by atoms with E-state index in [0.717, 1.165) is 17.7 Å². The zero-order valence-electron chi connectivity index (χ0n) is 17.4. The van der Waals surface area contributed by atoms with Gasteiger partial charge in [0.2, 0.25) is 0 Å². The molecule has 1 aromatic carbocycles.